The van der Waals surface area contributed by atoms with Gasteiger partial charge in [-0.2, -0.15) is 0 Å². The zero-order chi connectivity index (χ0) is 17.3. The van der Waals surface area contributed by atoms with E-state index in [0.29, 0.717) is 15.8 Å². The number of hydrogen-bond acceptors (Lipinski definition) is 4. The van der Waals surface area contributed by atoms with E-state index >= 15 is 0 Å². The molecule has 1 aliphatic carbocycles. The fraction of sp³-hybridized carbons (Fsp3) is 0.529. The second-order valence-electron chi connectivity index (χ2n) is 6.51. The molecule has 0 bridgehead atoms. The number of aliphatic hydroxyl groups excluding tert-OH is 1. The van der Waals surface area contributed by atoms with E-state index in [1.54, 1.807) is 18.2 Å². The van der Waals surface area contributed by atoms with Crippen molar-refractivity contribution in [2.75, 3.05) is 13.2 Å². The number of β-amino-alcohol motifs (C(OH)–C–C–N with tert-alkyl or cyclic N) is 1. The summed E-state index contributed by atoms with van der Waals surface area (Å²) in [6.45, 7) is -0.115. The van der Waals surface area contributed by atoms with Gasteiger partial charge >= 0.3 is 0 Å². The fourth-order valence-electron chi connectivity index (χ4n) is 3.53. The van der Waals surface area contributed by atoms with Gasteiger partial charge in [0.2, 0.25) is 11.8 Å². The van der Waals surface area contributed by atoms with Crippen LogP contribution in [0.5, 0.6) is 5.75 Å². The lowest BCUT2D eigenvalue weighted by atomic mass is 9.84. The minimum atomic E-state index is -0.971. The SMILES string of the molecule is O=C1CC2(CCCC2)C(=O)N1C[C@@H](O)COc1ccc(Cl)cc1Cl. The normalized spacial score (nSPS) is 20.9. The van der Waals surface area contributed by atoms with E-state index in [0.717, 1.165) is 25.7 Å². The number of halogens is 2. The Morgan fingerprint density at radius 1 is 1.25 bits per heavy atom. The Morgan fingerprint density at radius 2 is 1.96 bits per heavy atom. The summed E-state index contributed by atoms with van der Waals surface area (Å²) in [6, 6.07) is 4.78. The molecule has 130 valence electrons. The average molecular weight is 372 g/mol. The van der Waals surface area contributed by atoms with Gasteiger partial charge in [-0.3, -0.25) is 14.5 Å². The standard InChI is InChI=1S/C17H19Cl2NO4/c18-11-3-4-14(13(19)7-11)24-10-12(21)9-20-15(22)8-17(16(20)23)5-1-2-6-17/h3-4,7,12,21H,1-2,5-6,8-10H2/t12-/m1/s1. The molecule has 1 saturated carbocycles. The van der Waals surface area contributed by atoms with Crippen LogP contribution in [-0.2, 0) is 9.59 Å². The van der Waals surface area contributed by atoms with Gasteiger partial charge in [0.15, 0.2) is 0 Å². The van der Waals surface area contributed by atoms with Crippen molar-refractivity contribution in [1.82, 2.24) is 4.90 Å². The van der Waals surface area contributed by atoms with E-state index in [2.05, 4.69) is 0 Å². The second-order valence-corrected chi connectivity index (χ2v) is 7.36. The smallest absolute Gasteiger partial charge is 0.235 e. The molecule has 2 amide bonds. The molecular weight excluding hydrogens is 353 g/mol. The summed E-state index contributed by atoms with van der Waals surface area (Å²) in [4.78, 5) is 25.9. The van der Waals surface area contributed by atoms with Crippen LogP contribution >= 0.6 is 23.2 Å². The van der Waals surface area contributed by atoms with Crippen LogP contribution in [0.15, 0.2) is 18.2 Å². The summed E-state index contributed by atoms with van der Waals surface area (Å²) < 4.78 is 5.46. The third-order valence-corrected chi connectivity index (χ3v) is 5.30. The minimum absolute atomic E-state index is 0.0510. The van der Waals surface area contributed by atoms with Gasteiger partial charge in [0.05, 0.1) is 17.0 Å². The molecule has 5 nitrogen and oxygen atoms in total. The van der Waals surface area contributed by atoms with Gasteiger partial charge in [-0.1, -0.05) is 36.0 Å². The topological polar surface area (TPSA) is 66.8 Å². The van der Waals surface area contributed by atoms with Gasteiger partial charge < -0.3 is 9.84 Å². The third kappa shape index (κ3) is 3.39. The number of ether oxygens (including phenoxy) is 1. The Morgan fingerprint density at radius 3 is 2.62 bits per heavy atom. The van der Waals surface area contributed by atoms with Crippen molar-refractivity contribution in [2.45, 2.75) is 38.2 Å². The molecule has 0 unspecified atom stereocenters. The highest BCUT2D eigenvalue weighted by atomic mass is 35.5. The first-order valence-corrected chi connectivity index (χ1v) is 8.78. The quantitative estimate of drug-likeness (QED) is 0.807. The summed E-state index contributed by atoms with van der Waals surface area (Å²) >= 11 is 11.8. The molecule has 2 fully saturated rings. The number of amides is 2. The lowest BCUT2D eigenvalue weighted by Crippen LogP contribution is -2.41. The van der Waals surface area contributed by atoms with Gasteiger partial charge in [-0.25, -0.2) is 0 Å². The predicted octanol–water partition coefficient (Wildman–Crippen LogP) is 3.05. The van der Waals surface area contributed by atoms with Crippen LogP contribution < -0.4 is 4.74 Å². The number of hydrogen-bond donors (Lipinski definition) is 1. The Balaban J connectivity index is 1.57. The molecule has 0 aromatic heterocycles. The number of rotatable bonds is 5. The Bertz CT molecular complexity index is 658. The number of carbonyl (C=O) groups is 2. The van der Waals surface area contributed by atoms with Crippen LogP contribution in [0.25, 0.3) is 0 Å². The zero-order valence-electron chi connectivity index (χ0n) is 13.1. The van der Waals surface area contributed by atoms with Crippen molar-refractivity contribution >= 4 is 35.0 Å². The van der Waals surface area contributed by atoms with Gasteiger partial charge in [0.25, 0.3) is 0 Å². The van der Waals surface area contributed by atoms with E-state index in [1.165, 1.54) is 4.90 Å². The third-order valence-electron chi connectivity index (χ3n) is 4.77. The van der Waals surface area contributed by atoms with Crippen LogP contribution in [0.3, 0.4) is 0 Å². The number of nitrogens with zero attached hydrogens (tertiary/aromatic N) is 1. The number of benzene rings is 1. The molecule has 1 saturated heterocycles. The van der Waals surface area contributed by atoms with Crippen LogP contribution in [0.2, 0.25) is 10.0 Å². The zero-order valence-corrected chi connectivity index (χ0v) is 14.6. The second kappa shape index (κ2) is 6.90. The molecular formula is C17H19Cl2NO4. The molecule has 1 N–H and O–H groups in total. The number of imide groups is 1. The maximum atomic E-state index is 12.6. The number of carbonyl (C=O) groups excluding carboxylic acids is 2. The van der Waals surface area contributed by atoms with E-state index in [4.69, 9.17) is 27.9 Å². The summed E-state index contributed by atoms with van der Waals surface area (Å²) in [5.41, 5.74) is -0.517. The molecule has 7 heteroatoms. The van der Waals surface area contributed by atoms with E-state index in [1.807, 2.05) is 0 Å². The molecule has 1 aromatic carbocycles. The van der Waals surface area contributed by atoms with E-state index in [9.17, 15) is 14.7 Å². The summed E-state index contributed by atoms with van der Waals surface area (Å²) in [7, 11) is 0. The lowest BCUT2D eigenvalue weighted by Gasteiger charge is -2.23. The average Bonchev–Trinajstić information content (AvgIpc) is 3.08. The highest BCUT2D eigenvalue weighted by Crippen LogP contribution is 2.46. The van der Waals surface area contributed by atoms with Crippen LogP contribution in [0.1, 0.15) is 32.1 Å². The predicted molar refractivity (Wildman–Crippen MR) is 90.2 cm³/mol. The van der Waals surface area contributed by atoms with Crippen molar-refractivity contribution in [3.63, 3.8) is 0 Å². The van der Waals surface area contributed by atoms with Crippen molar-refractivity contribution < 1.29 is 19.4 Å². The van der Waals surface area contributed by atoms with Crippen LogP contribution in [0.4, 0.5) is 0 Å². The van der Waals surface area contributed by atoms with Gasteiger partial charge in [-0.15, -0.1) is 0 Å². The lowest BCUT2D eigenvalue weighted by molar-refractivity contribution is -0.143. The summed E-state index contributed by atoms with van der Waals surface area (Å²) in [6.07, 6.45) is 2.78. The molecule has 1 atom stereocenters. The summed E-state index contributed by atoms with van der Waals surface area (Å²) in [5.74, 6) is 0.0468. The van der Waals surface area contributed by atoms with Gasteiger partial charge in [0, 0.05) is 11.4 Å². The highest BCUT2D eigenvalue weighted by Gasteiger charge is 2.52. The van der Waals surface area contributed by atoms with Crippen LogP contribution in [0, 0.1) is 5.41 Å². The molecule has 1 heterocycles. The van der Waals surface area contributed by atoms with Crippen molar-refractivity contribution in [2.24, 2.45) is 5.41 Å². The first-order chi connectivity index (χ1) is 11.4. The number of likely N-dealkylation sites (tertiary alicyclic amines) is 1. The molecule has 3 rings (SSSR count). The van der Waals surface area contributed by atoms with E-state index < -0.39 is 11.5 Å². The largest absolute Gasteiger partial charge is 0.489 e. The fourth-order valence-corrected chi connectivity index (χ4v) is 3.99. The Hall–Kier alpha value is -1.30. The molecule has 0 radical (unpaired) electrons. The van der Waals surface area contributed by atoms with E-state index in [-0.39, 0.29) is 31.4 Å². The highest BCUT2D eigenvalue weighted by molar-refractivity contribution is 6.35. The number of aliphatic hydroxyl groups is 1. The Labute approximate surface area is 150 Å². The van der Waals surface area contributed by atoms with Crippen molar-refractivity contribution in [3.8, 4) is 5.75 Å². The maximum absolute atomic E-state index is 12.6. The molecule has 1 spiro atoms. The van der Waals surface area contributed by atoms with Gasteiger partial charge in [-0.05, 0) is 31.0 Å². The first kappa shape index (κ1) is 17.5. The molecule has 1 aromatic rings. The molecule has 1 aliphatic heterocycles. The first-order valence-electron chi connectivity index (χ1n) is 8.02. The summed E-state index contributed by atoms with van der Waals surface area (Å²) in [5, 5.41) is 11.0. The van der Waals surface area contributed by atoms with Crippen molar-refractivity contribution in [3.05, 3.63) is 28.2 Å². The molecule has 24 heavy (non-hydrogen) atoms. The minimum Gasteiger partial charge on any atom is -0.489 e. The maximum Gasteiger partial charge on any atom is 0.235 e. The monoisotopic (exact) mass is 371 g/mol. The Kier molecular flexibility index (Phi) is 5.04. The van der Waals surface area contributed by atoms with Crippen molar-refractivity contribution in [1.29, 1.82) is 0 Å². The molecule has 2 aliphatic rings. The van der Waals surface area contributed by atoms with Gasteiger partial charge in [0.1, 0.15) is 18.5 Å². The van der Waals surface area contributed by atoms with Crippen LogP contribution in [-0.4, -0.2) is 41.1 Å².